The van der Waals surface area contributed by atoms with Gasteiger partial charge in [-0.15, -0.1) is 13.2 Å². The molecule has 0 fully saturated rings. The second kappa shape index (κ2) is 4.53. The molecule has 1 aromatic rings. The molecule has 1 rings (SSSR count). The standard InChI is InChI=1S/C8H5Br2F3O/c9-4-5-1-2-6(10)7(3-5)14-8(11,12)13/h1-3H,4H2. The van der Waals surface area contributed by atoms with Gasteiger partial charge in [0.2, 0.25) is 0 Å². The summed E-state index contributed by atoms with van der Waals surface area (Å²) >= 11 is 6.12. The lowest BCUT2D eigenvalue weighted by Gasteiger charge is -2.11. The smallest absolute Gasteiger partial charge is 0.405 e. The molecule has 0 radical (unpaired) electrons. The van der Waals surface area contributed by atoms with Crippen LogP contribution in [0.15, 0.2) is 22.7 Å². The maximum atomic E-state index is 11.9. The summed E-state index contributed by atoms with van der Waals surface area (Å²) in [7, 11) is 0. The van der Waals surface area contributed by atoms with E-state index in [1.165, 1.54) is 12.1 Å². The van der Waals surface area contributed by atoms with Crippen molar-refractivity contribution in [3.63, 3.8) is 0 Å². The Labute approximate surface area is 95.5 Å². The Kier molecular flexibility index (Phi) is 3.83. The molecule has 0 heterocycles. The van der Waals surface area contributed by atoms with E-state index in [1.807, 2.05) is 0 Å². The lowest BCUT2D eigenvalue weighted by Crippen LogP contribution is -2.17. The first kappa shape index (κ1) is 11.8. The van der Waals surface area contributed by atoms with Crippen LogP contribution in [0.2, 0.25) is 0 Å². The number of hydrogen-bond acceptors (Lipinski definition) is 1. The van der Waals surface area contributed by atoms with E-state index in [1.54, 1.807) is 6.07 Å². The summed E-state index contributed by atoms with van der Waals surface area (Å²) in [5.74, 6) is -0.227. The third-order valence-electron chi connectivity index (χ3n) is 1.38. The second-order valence-corrected chi connectivity index (χ2v) is 3.86. The molecule has 6 heteroatoms. The van der Waals surface area contributed by atoms with Gasteiger partial charge in [0.15, 0.2) is 0 Å². The normalized spacial score (nSPS) is 11.5. The fraction of sp³-hybridized carbons (Fsp3) is 0.250. The molecule has 0 saturated heterocycles. The number of rotatable bonds is 2. The van der Waals surface area contributed by atoms with Gasteiger partial charge in [-0.05, 0) is 33.6 Å². The van der Waals surface area contributed by atoms with Crippen LogP contribution in [0.5, 0.6) is 5.75 Å². The molecule has 0 unspecified atom stereocenters. The van der Waals surface area contributed by atoms with Crippen molar-refractivity contribution in [1.82, 2.24) is 0 Å². The summed E-state index contributed by atoms with van der Waals surface area (Å²) in [6.07, 6.45) is -4.66. The van der Waals surface area contributed by atoms with Crippen molar-refractivity contribution in [1.29, 1.82) is 0 Å². The Bertz CT molecular complexity index is 325. The summed E-state index contributed by atoms with van der Waals surface area (Å²) < 4.78 is 39.8. The third-order valence-corrected chi connectivity index (χ3v) is 2.68. The molecule has 0 bridgehead atoms. The average Bonchev–Trinajstić information content (AvgIpc) is 2.06. The van der Waals surface area contributed by atoms with Gasteiger partial charge in [-0.2, -0.15) is 0 Å². The van der Waals surface area contributed by atoms with Crippen LogP contribution in [0.25, 0.3) is 0 Å². The van der Waals surface area contributed by atoms with Gasteiger partial charge in [0.1, 0.15) is 5.75 Å². The first-order valence-corrected chi connectivity index (χ1v) is 5.44. The molecule has 0 aliphatic carbocycles. The van der Waals surface area contributed by atoms with Crippen molar-refractivity contribution in [3.05, 3.63) is 28.2 Å². The molecule has 0 spiro atoms. The molecule has 0 aromatic heterocycles. The van der Waals surface area contributed by atoms with E-state index < -0.39 is 6.36 Å². The van der Waals surface area contributed by atoms with E-state index in [2.05, 4.69) is 36.6 Å². The van der Waals surface area contributed by atoms with Crippen LogP contribution in [-0.2, 0) is 5.33 Å². The molecule has 0 aliphatic rings. The monoisotopic (exact) mass is 332 g/mol. The summed E-state index contributed by atoms with van der Waals surface area (Å²) in [4.78, 5) is 0. The van der Waals surface area contributed by atoms with Crippen LogP contribution in [0, 0.1) is 0 Å². The average molecular weight is 334 g/mol. The molecule has 0 aliphatic heterocycles. The predicted molar refractivity (Wildman–Crippen MR) is 53.5 cm³/mol. The zero-order chi connectivity index (χ0) is 10.8. The highest BCUT2D eigenvalue weighted by Gasteiger charge is 2.31. The number of alkyl halides is 4. The quantitative estimate of drug-likeness (QED) is 0.735. The van der Waals surface area contributed by atoms with Crippen molar-refractivity contribution < 1.29 is 17.9 Å². The van der Waals surface area contributed by atoms with E-state index in [9.17, 15) is 13.2 Å². The van der Waals surface area contributed by atoms with Crippen LogP contribution in [0.4, 0.5) is 13.2 Å². The van der Waals surface area contributed by atoms with Gasteiger partial charge in [-0.3, -0.25) is 0 Å². The van der Waals surface area contributed by atoms with Crippen LogP contribution >= 0.6 is 31.9 Å². The maximum Gasteiger partial charge on any atom is 0.573 e. The molecule has 1 nitrogen and oxygen atoms in total. The lowest BCUT2D eigenvalue weighted by molar-refractivity contribution is -0.274. The first-order valence-electron chi connectivity index (χ1n) is 3.52. The van der Waals surface area contributed by atoms with E-state index >= 15 is 0 Å². The van der Waals surface area contributed by atoms with Crippen LogP contribution in [0.3, 0.4) is 0 Å². The molecule has 0 N–H and O–H groups in total. The van der Waals surface area contributed by atoms with Crippen molar-refractivity contribution in [2.75, 3.05) is 0 Å². The molecule has 14 heavy (non-hydrogen) atoms. The van der Waals surface area contributed by atoms with Gasteiger partial charge in [0.25, 0.3) is 0 Å². The highest BCUT2D eigenvalue weighted by molar-refractivity contribution is 9.10. The maximum absolute atomic E-state index is 11.9. The van der Waals surface area contributed by atoms with Crippen molar-refractivity contribution in [2.45, 2.75) is 11.7 Å². The zero-order valence-electron chi connectivity index (χ0n) is 6.74. The number of hydrogen-bond donors (Lipinski definition) is 0. The van der Waals surface area contributed by atoms with Crippen molar-refractivity contribution >= 4 is 31.9 Å². The van der Waals surface area contributed by atoms with Gasteiger partial charge in [0, 0.05) is 5.33 Å². The molecule has 0 saturated carbocycles. The van der Waals surface area contributed by atoms with Gasteiger partial charge in [-0.25, -0.2) is 0 Å². The number of ether oxygens (including phenoxy) is 1. The van der Waals surface area contributed by atoms with Gasteiger partial charge >= 0.3 is 6.36 Å². The Morgan fingerprint density at radius 3 is 2.43 bits per heavy atom. The summed E-state index contributed by atoms with van der Waals surface area (Å²) in [5.41, 5.74) is 0.715. The van der Waals surface area contributed by atoms with Crippen LogP contribution in [0.1, 0.15) is 5.56 Å². The minimum absolute atomic E-state index is 0.227. The SMILES string of the molecule is FC(F)(F)Oc1cc(CBr)ccc1Br. The minimum Gasteiger partial charge on any atom is -0.405 e. The van der Waals surface area contributed by atoms with E-state index in [0.29, 0.717) is 10.9 Å². The molecule has 78 valence electrons. The Morgan fingerprint density at radius 1 is 1.29 bits per heavy atom. The van der Waals surface area contributed by atoms with Gasteiger partial charge in [0.05, 0.1) is 4.47 Å². The summed E-state index contributed by atoms with van der Waals surface area (Å²) in [5, 5.41) is 0.481. The topological polar surface area (TPSA) is 9.23 Å². The van der Waals surface area contributed by atoms with Crippen LogP contribution in [-0.4, -0.2) is 6.36 Å². The van der Waals surface area contributed by atoms with E-state index in [-0.39, 0.29) is 10.2 Å². The highest BCUT2D eigenvalue weighted by atomic mass is 79.9. The summed E-state index contributed by atoms with van der Waals surface area (Å²) in [6.45, 7) is 0. The number of halogens is 5. The van der Waals surface area contributed by atoms with Crippen molar-refractivity contribution in [2.24, 2.45) is 0 Å². The third kappa shape index (κ3) is 3.49. The molecular weight excluding hydrogens is 329 g/mol. The summed E-state index contributed by atoms with van der Waals surface area (Å²) in [6, 6.07) is 4.53. The van der Waals surface area contributed by atoms with Crippen molar-refractivity contribution in [3.8, 4) is 5.75 Å². The highest BCUT2D eigenvalue weighted by Crippen LogP contribution is 2.31. The molecule has 0 atom stereocenters. The molecule has 1 aromatic carbocycles. The molecular formula is C8H5Br2F3O. The zero-order valence-corrected chi connectivity index (χ0v) is 9.91. The minimum atomic E-state index is -4.66. The van der Waals surface area contributed by atoms with Gasteiger partial charge < -0.3 is 4.74 Å². The van der Waals surface area contributed by atoms with Crippen LogP contribution < -0.4 is 4.74 Å². The van der Waals surface area contributed by atoms with Gasteiger partial charge in [-0.1, -0.05) is 22.0 Å². The first-order chi connectivity index (χ1) is 6.42. The Morgan fingerprint density at radius 2 is 1.93 bits per heavy atom. The fourth-order valence-electron chi connectivity index (χ4n) is 0.834. The van der Waals surface area contributed by atoms with E-state index in [4.69, 9.17) is 0 Å². The fourth-order valence-corrected chi connectivity index (χ4v) is 1.51. The largest absolute Gasteiger partial charge is 0.573 e. The predicted octanol–water partition coefficient (Wildman–Crippen LogP) is 4.24. The Hall–Kier alpha value is -0.230. The van der Waals surface area contributed by atoms with E-state index in [0.717, 1.165) is 0 Å². The number of benzene rings is 1. The molecule has 0 amide bonds. The Balaban J connectivity index is 2.95. The second-order valence-electron chi connectivity index (χ2n) is 2.45. The lowest BCUT2D eigenvalue weighted by atomic mass is 10.2.